The Morgan fingerprint density at radius 1 is 1.22 bits per heavy atom. The van der Waals surface area contributed by atoms with Crippen LogP contribution in [0.1, 0.15) is 26.5 Å². The van der Waals surface area contributed by atoms with Crippen LogP contribution in [0.15, 0.2) is 6.07 Å². The normalized spacial score (nSPS) is 13.8. The van der Waals surface area contributed by atoms with Crippen LogP contribution in [0.5, 0.6) is 0 Å². The Bertz CT molecular complexity index is 420. The minimum absolute atomic E-state index is 0.0389. The van der Waals surface area contributed by atoms with Gasteiger partial charge in [-0.25, -0.2) is 9.97 Å². The molecule has 1 aromatic rings. The van der Waals surface area contributed by atoms with Gasteiger partial charge in [-0.2, -0.15) is 13.2 Å². The maximum Gasteiger partial charge on any atom is 0.433 e. The van der Waals surface area contributed by atoms with Gasteiger partial charge >= 0.3 is 6.18 Å². The van der Waals surface area contributed by atoms with Crippen molar-refractivity contribution in [2.24, 2.45) is 5.92 Å². The molecule has 0 aliphatic rings. The minimum Gasteiger partial charge on any atom is -0.357 e. The van der Waals surface area contributed by atoms with Crippen molar-refractivity contribution in [2.75, 3.05) is 11.9 Å². The SMILES string of the molecule is CC(C)C(C)N(C)c1cc(C(F)(F)F)nc(Cl)n1. The van der Waals surface area contributed by atoms with Gasteiger partial charge in [0.25, 0.3) is 0 Å². The topological polar surface area (TPSA) is 29.0 Å². The average molecular weight is 282 g/mol. The molecular formula is C11H15ClF3N3. The molecule has 102 valence electrons. The van der Waals surface area contributed by atoms with Crippen molar-refractivity contribution >= 4 is 17.4 Å². The summed E-state index contributed by atoms with van der Waals surface area (Å²) >= 11 is 5.54. The van der Waals surface area contributed by atoms with Crippen molar-refractivity contribution in [3.05, 3.63) is 17.0 Å². The van der Waals surface area contributed by atoms with Crippen molar-refractivity contribution < 1.29 is 13.2 Å². The van der Waals surface area contributed by atoms with E-state index >= 15 is 0 Å². The largest absolute Gasteiger partial charge is 0.433 e. The van der Waals surface area contributed by atoms with E-state index < -0.39 is 17.2 Å². The van der Waals surface area contributed by atoms with Crippen LogP contribution < -0.4 is 4.90 Å². The Morgan fingerprint density at radius 3 is 2.22 bits per heavy atom. The molecule has 1 rings (SSSR count). The summed E-state index contributed by atoms with van der Waals surface area (Å²) in [6, 6.07) is 0.946. The molecule has 1 atom stereocenters. The van der Waals surface area contributed by atoms with Crippen LogP contribution in [0.25, 0.3) is 0 Å². The quantitative estimate of drug-likeness (QED) is 0.792. The van der Waals surface area contributed by atoms with Gasteiger partial charge in [-0.15, -0.1) is 0 Å². The van der Waals surface area contributed by atoms with Crippen molar-refractivity contribution in [1.82, 2.24) is 9.97 Å². The van der Waals surface area contributed by atoms with E-state index in [4.69, 9.17) is 11.6 Å². The lowest BCUT2D eigenvalue weighted by Crippen LogP contribution is -2.34. The van der Waals surface area contributed by atoms with Crippen LogP contribution in [-0.4, -0.2) is 23.1 Å². The van der Waals surface area contributed by atoms with Crippen molar-refractivity contribution in [1.29, 1.82) is 0 Å². The Hall–Kier alpha value is -1.04. The van der Waals surface area contributed by atoms with Gasteiger partial charge in [0.15, 0.2) is 5.69 Å². The van der Waals surface area contributed by atoms with Crippen LogP contribution in [-0.2, 0) is 6.18 Å². The zero-order valence-corrected chi connectivity index (χ0v) is 11.3. The molecule has 0 aliphatic carbocycles. The summed E-state index contributed by atoms with van der Waals surface area (Å²) in [6.45, 7) is 5.87. The van der Waals surface area contributed by atoms with E-state index in [1.165, 1.54) is 0 Å². The number of anilines is 1. The summed E-state index contributed by atoms with van der Waals surface area (Å²) in [5.74, 6) is 0.446. The molecule has 0 N–H and O–H groups in total. The van der Waals surface area contributed by atoms with E-state index in [0.717, 1.165) is 6.07 Å². The van der Waals surface area contributed by atoms with Gasteiger partial charge in [0.1, 0.15) is 5.82 Å². The van der Waals surface area contributed by atoms with E-state index in [1.807, 2.05) is 20.8 Å². The van der Waals surface area contributed by atoms with Crippen molar-refractivity contribution in [3.63, 3.8) is 0 Å². The van der Waals surface area contributed by atoms with Gasteiger partial charge in [0, 0.05) is 19.2 Å². The zero-order valence-electron chi connectivity index (χ0n) is 10.6. The minimum atomic E-state index is -4.52. The number of hydrogen-bond donors (Lipinski definition) is 0. The van der Waals surface area contributed by atoms with E-state index in [2.05, 4.69) is 9.97 Å². The first-order chi connectivity index (χ1) is 8.12. The standard InChI is InChI=1S/C11H15ClF3N3/c1-6(2)7(3)18(4)9-5-8(11(13,14)15)16-10(12)17-9/h5-7H,1-4H3. The fourth-order valence-corrected chi connectivity index (χ4v) is 1.57. The molecule has 0 saturated carbocycles. The number of aromatic nitrogens is 2. The smallest absolute Gasteiger partial charge is 0.357 e. The molecule has 0 amide bonds. The molecule has 0 radical (unpaired) electrons. The molecule has 1 aromatic heterocycles. The number of nitrogens with zero attached hydrogens (tertiary/aromatic N) is 3. The van der Waals surface area contributed by atoms with E-state index in [1.54, 1.807) is 11.9 Å². The predicted octanol–water partition coefficient (Wildman–Crippen LogP) is 3.63. The maximum absolute atomic E-state index is 12.6. The lowest BCUT2D eigenvalue weighted by atomic mass is 10.1. The van der Waals surface area contributed by atoms with Crippen molar-refractivity contribution in [3.8, 4) is 0 Å². The second-order valence-corrected chi connectivity index (χ2v) is 4.81. The van der Waals surface area contributed by atoms with Crippen molar-refractivity contribution in [2.45, 2.75) is 33.0 Å². The lowest BCUT2D eigenvalue weighted by Gasteiger charge is -2.29. The fourth-order valence-electron chi connectivity index (χ4n) is 1.39. The van der Waals surface area contributed by atoms with Gasteiger partial charge in [-0.1, -0.05) is 13.8 Å². The number of rotatable bonds is 3. The second-order valence-electron chi connectivity index (χ2n) is 4.47. The fraction of sp³-hybridized carbons (Fsp3) is 0.636. The highest BCUT2D eigenvalue weighted by molar-refractivity contribution is 6.28. The number of halogens is 4. The Balaban J connectivity index is 3.14. The molecule has 0 fully saturated rings. The predicted molar refractivity (Wildman–Crippen MR) is 64.7 cm³/mol. The summed E-state index contributed by atoms with van der Waals surface area (Å²) in [5.41, 5.74) is -1.03. The zero-order chi connectivity index (χ0) is 14.1. The number of alkyl halides is 3. The van der Waals surface area contributed by atoms with E-state index in [0.29, 0.717) is 0 Å². The Kier molecular flexibility index (Phi) is 4.42. The van der Waals surface area contributed by atoms with Gasteiger partial charge in [0.2, 0.25) is 5.28 Å². The summed E-state index contributed by atoms with van der Waals surface area (Å²) < 4.78 is 37.8. The van der Waals surface area contributed by atoms with E-state index in [-0.39, 0.29) is 17.8 Å². The van der Waals surface area contributed by atoms with E-state index in [9.17, 15) is 13.2 Å². The molecule has 18 heavy (non-hydrogen) atoms. The molecule has 0 aromatic carbocycles. The average Bonchev–Trinajstić information content (AvgIpc) is 2.24. The first-order valence-electron chi connectivity index (χ1n) is 5.47. The van der Waals surface area contributed by atoms with Gasteiger partial charge in [0.05, 0.1) is 0 Å². The number of hydrogen-bond acceptors (Lipinski definition) is 3. The summed E-state index contributed by atoms with van der Waals surface area (Å²) in [6.07, 6.45) is -4.52. The van der Waals surface area contributed by atoms with Crippen LogP contribution in [0, 0.1) is 5.92 Å². The van der Waals surface area contributed by atoms with Crippen LogP contribution in [0.2, 0.25) is 5.28 Å². The first kappa shape index (κ1) is 15.0. The molecular weight excluding hydrogens is 267 g/mol. The molecule has 0 aliphatic heterocycles. The Morgan fingerprint density at radius 2 is 1.78 bits per heavy atom. The van der Waals surface area contributed by atoms with Crippen LogP contribution >= 0.6 is 11.6 Å². The molecule has 0 bridgehead atoms. The molecule has 0 spiro atoms. The summed E-state index contributed by atoms with van der Waals surface area (Å²) in [4.78, 5) is 8.69. The molecule has 0 saturated heterocycles. The highest BCUT2D eigenvalue weighted by Gasteiger charge is 2.34. The third-order valence-corrected chi connectivity index (χ3v) is 3.08. The summed E-state index contributed by atoms with van der Waals surface area (Å²) in [5, 5.41) is -0.400. The van der Waals surface area contributed by atoms with Gasteiger partial charge < -0.3 is 4.90 Å². The summed E-state index contributed by atoms with van der Waals surface area (Å²) in [7, 11) is 1.68. The second kappa shape index (κ2) is 5.30. The highest BCUT2D eigenvalue weighted by atomic mass is 35.5. The van der Waals surface area contributed by atoms with Gasteiger partial charge in [-0.05, 0) is 24.4 Å². The molecule has 3 nitrogen and oxygen atoms in total. The third-order valence-electron chi connectivity index (χ3n) is 2.91. The third kappa shape index (κ3) is 3.48. The molecule has 1 unspecified atom stereocenters. The maximum atomic E-state index is 12.6. The monoisotopic (exact) mass is 281 g/mol. The molecule has 7 heteroatoms. The Labute approximate surface area is 109 Å². The van der Waals surface area contributed by atoms with Gasteiger partial charge in [-0.3, -0.25) is 0 Å². The van der Waals surface area contributed by atoms with Crippen LogP contribution in [0.4, 0.5) is 19.0 Å². The lowest BCUT2D eigenvalue weighted by molar-refractivity contribution is -0.141. The van der Waals surface area contributed by atoms with Crippen LogP contribution in [0.3, 0.4) is 0 Å². The first-order valence-corrected chi connectivity index (χ1v) is 5.85. The molecule has 1 heterocycles. The highest BCUT2D eigenvalue weighted by Crippen LogP contribution is 2.31.